The molecule has 2 N–H and O–H groups in total. The van der Waals surface area contributed by atoms with Gasteiger partial charge in [-0.3, -0.25) is 19.1 Å². The normalized spacial score (nSPS) is 11.8. The first-order valence-electron chi connectivity index (χ1n) is 9.86. The van der Waals surface area contributed by atoms with Gasteiger partial charge in [0.25, 0.3) is 11.3 Å². The molecular formula is C20H19ClF2N6O5S. The minimum absolute atomic E-state index is 0.0103. The van der Waals surface area contributed by atoms with Crippen molar-refractivity contribution in [3.8, 4) is 0 Å². The number of nitrogens with one attached hydrogen (secondary N) is 2. The molecule has 186 valence electrons. The van der Waals surface area contributed by atoms with Gasteiger partial charge in [0.15, 0.2) is 21.9 Å². The Hall–Kier alpha value is -3.65. The molecule has 0 aliphatic rings. The van der Waals surface area contributed by atoms with Gasteiger partial charge in [0, 0.05) is 24.6 Å². The van der Waals surface area contributed by atoms with Gasteiger partial charge in [-0.25, -0.2) is 13.4 Å². The van der Waals surface area contributed by atoms with Crippen LogP contribution in [0.25, 0.3) is 0 Å². The summed E-state index contributed by atoms with van der Waals surface area (Å²) in [5.74, 6) is -4.88. The average Bonchev–Trinajstić information content (AvgIpc) is 2.79. The van der Waals surface area contributed by atoms with Crippen LogP contribution in [0.15, 0.2) is 58.6 Å². The third kappa shape index (κ3) is 6.27. The van der Waals surface area contributed by atoms with Gasteiger partial charge < -0.3 is 15.8 Å². The number of carbonyl (C=O) groups is 1. The van der Waals surface area contributed by atoms with Crippen molar-refractivity contribution in [2.75, 3.05) is 18.1 Å². The molecule has 1 amide bonds. The molecule has 15 heteroatoms. The smallest absolute Gasteiger partial charge is 0.347 e. The van der Waals surface area contributed by atoms with Crippen LogP contribution in [0.3, 0.4) is 0 Å². The zero-order chi connectivity index (χ0) is 25.8. The summed E-state index contributed by atoms with van der Waals surface area (Å²) >= 11 is 5.96. The zero-order valence-electron chi connectivity index (χ0n) is 18.1. The van der Waals surface area contributed by atoms with Crippen molar-refractivity contribution in [1.29, 1.82) is 0 Å². The van der Waals surface area contributed by atoms with Crippen molar-refractivity contribution >= 4 is 33.2 Å². The van der Waals surface area contributed by atoms with E-state index in [1.54, 1.807) is 0 Å². The van der Waals surface area contributed by atoms with Crippen molar-refractivity contribution in [3.05, 3.63) is 81.0 Å². The summed E-state index contributed by atoms with van der Waals surface area (Å²) in [4.78, 5) is 32.6. The Kier molecular flexibility index (Phi) is 7.65. The molecule has 0 aromatic carbocycles. The Morgan fingerprint density at radius 3 is 2.69 bits per heavy atom. The summed E-state index contributed by atoms with van der Waals surface area (Å²) in [5.41, 5.74) is -1.69. The molecule has 11 nitrogen and oxygen atoms in total. The standard InChI is InChI=1S/C20H19ClF2N6O5S/c1-35(33,34)14-5-4-7-24-13(14)9-25-17(30)11-28-16(21)10-26-18(19(28)31)27-12-20(22,23)15-6-2-3-8-29(15)32/h2-8,10H,9,11-12H2,1H3,(H,25,30)(H,26,27). The second-order valence-electron chi connectivity index (χ2n) is 7.29. The highest BCUT2D eigenvalue weighted by Crippen LogP contribution is 2.25. The minimum Gasteiger partial charge on any atom is -0.618 e. The molecule has 3 aromatic heterocycles. The lowest BCUT2D eigenvalue weighted by atomic mass is 10.2. The van der Waals surface area contributed by atoms with Crippen molar-refractivity contribution in [3.63, 3.8) is 0 Å². The molecule has 35 heavy (non-hydrogen) atoms. The molecule has 0 bridgehead atoms. The van der Waals surface area contributed by atoms with Crippen LogP contribution in [0, 0.1) is 5.21 Å². The van der Waals surface area contributed by atoms with Crippen LogP contribution in [-0.4, -0.2) is 41.7 Å². The number of pyridine rings is 2. The highest BCUT2D eigenvalue weighted by molar-refractivity contribution is 7.90. The Morgan fingerprint density at radius 1 is 1.26 bits per heavy atom. The monoisotopic (exact) mass is 528 g/mol. The third-order valence-electron chi connectivity index (χ3n) is 4.69. The van der Waals surface area contributed by atoms with Crippen LogP contribution < -0.4 is 20.9 Å². The van der Waals surface area contributed by atoms with E-state index in [2.05, 4.69) is 20.6 Å². The zero-order valence-corrected chi connectivity index (χ0v) is 19.7. The maximum absolute atomic E-state index is 14.4. The topological polar surface area (TPSA) is 150 Å². The molecule has 3 rings (SSSR count). The Morgan fingerprint density at radius 2 is 2.00 bits per heavy atom. The van der Waals surface area contributed by atoms with Crippen LogP contribution in [0.5, 0.6) is 0 Å². The summed E-state index contributed by atoms with van der Waals surface area (Å²) < 4.78 is 53.4. The predicted octanol–water partition coefficient (Wildman–Crippen LogP) is 0.849. The molecule has 0 atom stereocenters. The quantitative estimate of drug-likeness (QED) is 0.306. The van der Waals surface area contributed by atoms with Gasteiger partial charge in [-0.2, -0.15) is 13.5 Å². The molecule has 0 fully saturated rings. The van der Waals surface area contributed by atoms with E-state index in [4.69, 9.17) is 11.6 Å². The van der Waals surface area contributed by atoms with E-state index in [0.717, 1.165) is 29.3 Å². The van der Waals surface area contributed by atoms with Crippen LogP contribution >= 0.6 is 11.6 Å². The molecule has 0 radical (unpaired) electrons. The lowest BCUT2D eigenvalue weighted by Gasteiger charge is -2.17. The summed E-state index contributed by atoms with van der Waals surface area (Å²) in [7, 11) is -3.59. The van der Waals surface area contributed by atoms with E-state index < -0.39 is 51.8 Å². The second-order valence-corrected chi connectivity index (χ2v) is 9.66. The van der Waals surface area contributed by atoms with Crippen LogP contribution in [-0.2, 0) is 33.6 Å². The van der Waals surface area contributed by atoms with Gasteiger partial charge in [-0.05, 0) is 18.2 Å². The van der Waals surface area contributed by atoms with E-state index in [0.29, 0.717) is 0 Å². The number of nitrogens with zero attached hydrogens (tertiary/aromatic N) is 4. The van der Waals surface area contributed by atoms with Gasteiger partial charge >= 0.3 is 5.92 Å². The molecule has 0 saturated carbocycles. The maximum Gasteiger partial charge on any atom is 0.347 e. The fraction of sp³-hybridized carbons (Fsp3) is 0.250. The van der Waals surface area contributed by atoms with Crippen LogP contribution in [0.4, 0.5) is 14.6 Å². The van der Waals surface area contributed by atoms with Crippen LogP contribution in [0.2, 0.25) is 5.15 Å². The van der Waals surface area contributed by atoms with Gasteiger partial charge in [0.05, 0.1) is 29.9 Å². The first-order chi connectivity index (χ1) is 16.4. The van der Waals surface area contributed by atoms with Crippen molar-refractivity contribution < 1.29 is 26.7 Å². The van der Waals surface area contributed by atoms with E-state index in [1.165, 1.54) is 30.5 Å². The fourth-order valence-corrected chi connectivity index (χ4v) is 4.07. The van der Waals surface area contributed by atoms with Gasteiger partial charge in [-0.1, -0.05) is 11.6 Å². The van der Waals surface area contributed by atoms with Crippen molar-refractivity contribution in [2.45, 2.75) is 23.9 Å². The number of rotatable bonds is 9. The number of sulfone groups is 1. The van der Waals surface area contributed by atoms with Gasteiger partial charge in [0.1, 0.15) is 11.7 Å². The third-order valence-corrected chi connectivity index (χ3v) is 6.16. The minimum atomic E-state index is -3.64. The number of carbonyl (C=O) groups excluding carboxylic acids is 1. The number of alkyl halides is 2. The van der Waals surface area contributed by atoms with E-state index in [9.17, 15) is 32.0 Å². The summed E-state index contributed by atoms with van der Waals surface area (Å²) in [5, 5.41) is 16.0. The SMILES string of the molecule is CS(=O)(=O)c1cccnc1CNC(=O)Cn1c(Cl)cnc(NCC(F)(F)c2cccc[n+]2[O-])c1=O. The molecule has 0 saturated heterocycles. The molecule has 0 aliphatic carbocycles. The van der Waals surface area contributed by atoms with Crippen molar-refractivity contribution in [1.82, 2.24) is 19.9 Å². The number of aromatic nitrogens is 4. The predicted molar refractivity (Wildman–Crippen MR) is 120 cm³/mol. The molecule has 0 spiro atoms. The van der Waals surface area contributed by atoms with E-state index in [1.807, 2.05) is 0 Å². The van der Waals surface area contributed by atoms with Gasteiger partial charge in [-0.15, -0.1) is 0 Å². The van der Waals surface area contributed by atoms with E-state index in [-0.39, 0.29) is 27.0 Å². The number of anilines is 1. The maximum atomic E-state index is 14.4. The number of amides is 1. The van der Waals surface area contributed by atoms with Gasteiger partial charge in [0.2, 0.25) is 5.91 Å². The first-order valence-corrected chi connectivity index (χ1v) is 12.1. The first kappa shape index (κ1) is 26.0. The van der Waals surface area contributed by atoms with Crippen LogP contribution in [0.1, 0.15) is 11.4 Å². The lowest BCUT2D eigenvalue weighted by Crippen LogP contribution is -2.41. The number of hydrogen-bond acceptors (Lipinski definition) is 8. The fourth-order valence-electron chi connectivity index (χ4n) is 3.01. The largest absolute Gasteiger partial charge is 0.618 e. The summed E-state index contributed by atoms with van der Waals surface area (Å²) in [6.45, 7) is -1.97. The Balaban J connectivity index is 1.72. The highest BCUT2D eigenvalue weighted by atomic mass is 35.5. The average molecular weight is 529 g/mol. The summed E-state index contributed by atoms with van der Waals surface area (Å²) in [6.07, 6.45) is 4.27. The molecular weight excluding hydrogens is 510 g/mol. The molecule has 3 heterocycles. The molecule has 0 aliphatic heterocycles. The second kappa shape index (κ2) is 10.3. The number of halogens is 3. The Bertz CT molecular complexity index is 1420. The lowest BCUT2D eigenvalue weighted by molar-refractivity contribution is -0.624. The van der Waals surface area contributed by atoms with E-state index >= 15 is 0 Å². The molecule has 0 unspecified atom stereocenters. The van der Waals surface area contributed by atoms with Crippen molar-refractivity contribution in [2.24, 2.45) is 0 Å². The number of hydrogen-bond donors (Lipinski definition) is 2. The summed E-state index contributed by atoms with van der Waals surface area (Å²) in [6, 6.07) is 6.28. The Labute approximate surface area is 202 Å². The molecule has 3 aromatic rings. The highest BCUT2D eigenvalue weighted by Gasteiger charge is 2.39.